The summed E-state index contributed by atoms with van der Waals surface area (Å²) in [5, 5.41) is 4.89. The second-order valence-electron chi connectivity index (χ2n) is 6.74. The Hall–Kier alpha value is -3.54. The number of hydrogen-bond acceptors (Lipinski definition) is 2. The van der Waals surface area contributed by atoms with Crippen molar-refractivity contribution in [2.75, 3.05) is 6.54 Å². The number of carbonyl (C=O) groups is 2. The highest BCUT2D eigenvalue weighted by molar-refractivity contribution is 5.99. The lowest BCUT2D eigenvalue weighted by Gasteiger charge is -2.12. The van der Waals surface area contributed by atoms with Crippen LogP contribution in [0.25, 0.3) is 21.8 Å². The van der Waals surface area contributed by atoms with E-state index in [4.69, 9.17) is 5.73 Å². The van der Waals surface area contributed by atoms with Crippen LogP contribution in [-0.4, -0.2) is 28.3 Å². The van der Waals surface area contributed by atoms with Gasteiger partial charge in [-0.05, 0) is 29.7 Å². The molecule has 6 heteroatoms. The van der Waals surface area contributed by atoms with Crippen molar-refractivity contribution in [2.24, 2.45) is 5.73 Å². The van der Waals surface area contributed by atoms with Gasteiger partial charge in [-0.1, -0.05) is 36.4 Å². The van der Waals surface area contributed by atoms with Gasteiger partial charge >= 0.3 is 0 Å². The quantitative estimate of drug-likeness (QED) is 0.400. The molecular formula is C22H21N4O2. The van der Waals surface area contributed by atoms with Crippen molar-refractivity contribution < 1.29 is 9.59 Å². The number of nitrogens with one attached hydrogen (secondary N) is 3. The number of amides is 2. The van der Waals surface area contributed by atoms with E-state index in [1.807, 2.05) is 48.7 Å². The predicted molar refractivity (Wildman–Crippen MR) is 110 cm³/mol. The normalized spacial score (nSPS) is 12.3. The highest BCUT2D eigenvalue weighted by Crippen LogP contribution is 2.27. The van der Waals surface area contributed by atoms with Crippen LogP contribution in [0.15, 0.2) is 60.9 Å². The Morgan fingerprint density at radius 2 is 1.61 bits per heavy atom. The number of primary amides is 1. The molecule has 0 spiro atoms. The highest BCUT2D eigenvalue weighted by atomic mass is 16.2. The van der Waals surface area contributed by atoms with Gasteiger partial charge < -0.3 is 21.0 Å². The molecule has 2 amide bonds. The van der Waals surface area contributed by atoms with Gasteiger partial charge in [0.2, 0.25) is 11.8 Å². The third-order valence-electron chi connectivity index (χ3n) is 4.95. The minimum Gasteiger partial charge on any atom is -0.369 e. The summed E-state index contributed by atoms with van der Waals surface area (Å²) >= 11 is 0. The Labute approximate surface area is 162 Å². The number of para-hydroxylation sites is 2. The minimum atomic E-state index is -0.788. The van der Waals surface area contributed by atoms with Crippen LogP contribution in [0.5, 0.6) is 0 Å². The fourth-order valence-electron chi connectivity index (χ4n) is 3.55. The zero-order valence-electron chi connectivity index (χ0n) is 15.2. The van der Waals surface area contributed by atoms with Gasteiger partial charge in [-0.15, -0.1) is 0 Å². The molecule has 141 valence electrons. The second-order valence-corrected chi connectivity index (χ2v) is 6.74. The van der Waals surface area contributed by atoms with Gasteiger partial charge in [0.1, 0.15) is 0 Å². The molecule has 0 aliphatic carbocycles. The van der Waals surface area contributed by atoms with Gasteiger partial charge in [-0.3, -0.25) is 9.59 Å². The molecule has 0 aliphatic heterocycles. The van der Waals surface area contributed by atoms with E-state index in [0.29, 0.717) is 18.5 Å². The van der Waals surface area contributed by atoms with Gasteiger partial charge in [0.15, 0.2) is 0 Å². The summed E-state index contributed by atoms with van der Waals surface area (Å²) in [6.45, 7) is 0.469. The van der Waals surface area contributed by atoms with Gasteiger partial charge in [-0.25, -0.2) is 0 Å². The van der Waals surface area contributed by atoms with Crippen molar-refractivity contribution in [1.29, 1.82) is 0 Å². The van der Waals surface area contributed by atoms with Crippen LogP contribution in [0, 0.1) is 6.42 Å². The molecule has 6 nitrogen and oxygen atoms in total. The van der Waals surface area contributed by atoms with E-state index in [9.17, 15) is 9.59 Å². The average molecular weight is 373 g/mol. The van der Waals surface area contributed by atoms with Crippen LogP contribution in [-0.2, 0) is 16.0 Å². The van der Waals surface area contributed by atoms with Gasteiger partial charge in [0.05, 0.1) is 12.3 Å². The molecular weight excluding hydrogens is 352 g/mol. The van der Waals surface area contributed by atoms with Crippen molar-refractivity contribution in [1.82, 2.24) is 15.3 Å². The molecule has 0 saturated carbocycles. The topological polar surface area (TPSA) is 104 Å². The Balaban J connectivity index is 1.40. The van der Waals surface area contributed by atoms with Gasteiger partial charge in [0, 0.05) is 40.7 Å². The zero-order chi connectivity index (χ0) is 19.5. The molecule has 0 fully saturated rings. The number of aromatic amines is 2. The summed E-state index contributed by atoms with van der Waals surface area (Å²) in [5.41, 5.74) is 9.38. The number of rotatable bonds is 7. The molecule has 1 atom stereocenters. The SMILES string of the molecule is NC(=O)C([CH]C(=O)NCCc1c[nH]c2ccccc12)c1c[nH]c2ccccc12. The summed E-state index contributed by atoms with van der Waals surface area (Å²) in [6.07, 6.45) is 5.74. The first kappa shape index (κ1) is 17.9. The maximum Gasteiger partial charge on any atom is 0.225 e. The third kappa shape index (κ3) is 3.49. The second kappa shape index (κ2) is 7.60. The minimum absolute atomic E-state index is 0.311. The number of benzene rings is 2. The molecule has 0 bridgehead atoms. The molecule has 1 radical (unpaired) electrons. The molecule has 2 aromatic heterocycles. The van der Waals surface area contributed by atoms with E-state index in [-0.39, 0.29) is 5.91 Å². The van der Waals surface area contributed by atoms with Crippen molar-refractivity contribution in [2.45, 2.75) is 12.3 Å². The maximum atomic E-state index is 12.4. The van der Waals surface area contributed by atoms with E-state index in [1.54, 1.807) is 6.20 Å². The lowest BCUT2D eigenvalue weighted by molar-refractivity contribution is -0.122. The first-order chi connectivity index (χ1) is 13.6. The molecule has 4 rings (SSSR count). The zero-order valence-corrected chi connectivity index (χ0v) is 15.2. The maximum absolute atomic E-state index is 12.4. The van der Waals surface area contributed by atoms with Crippen molar-refractivity contribution in [3.05, 3.63) is 78.5 Å². The van der Waals surface area contributed by atoms with E-state index in [1.165, 1.54) is 6.42 Å². The number of nitrogens with two attached hydrogens (primary N) is 1. The number of carbonyl (C=O) groups excluding carboxylic acids is 2. The number of H-pyrrole nitrogens is 2. The Kier molecular flexibility index (Phi) is 4.85. The van der Waals surface area contributed by atoms with Crippen molar-refractivity contribution in [3.63, 3.8) is 0 Å². The molecule has 28 heavy (non-hydrogen) atoms. The molecule has 0 saturated heterocycles. The van der Waals surface area contributed by atoms with E-state index in [2.05, 4.69) is 21.4 Å². The van der Waals surface area contributed by atoms with Crippen LogP contribution in [0.4, 0.5) is 0 Å². The highest BCUT2D eigenvalue weighted by Gasteiger charge is 2.24. The first-order valence-electron chi connectivity index (χ1n) is 9.16. The van der Waals surface area contributed by atoms with Crippen LogP contribution in [0.1, 0.15) is 17.0 Å². The van der Waals surface area contributed by atoms with Crippen LogP contribution in [0.2, 0.25) is 0 Å². The Bertz CT molecular complexity index is 1140. The smallest absolute Gasteiger partial charge is 0.225 e. The van der Waals surface area contributed by atoms with E-state index < -0.39 is 11.8 Å². The lowest BCUT2D eigenvalue weighted by atomic mass is 9.94. The van der Waals surface area contributed by atoms with Gasteiger partial charge in [-0.2, -0.15) is 0 Å². The molecule has 0 aliphatic rings. The standard InChI is InChI=1S/C22H21N4O2/c23-22(28)17(18-13-26-20-8-4-2-6-16(18)20)11-21(27)24-10-9-14-12-25-19-7-3-1-5-15(14)19/h1-8,11-13,17,25-26H,9-10H2,(H2,23,28)(H,24,27). The monoisotopic (exact) mass is 373 g/mol. The molecule has 5 N–H and O–H groups in total. The van der Waals surface area contributed by atoms with Crippen molar-refractivity contribution in [3.8, 4) is 0 Å². The van der Waals surface area contributed by atoms with Crippen LogP contribution < -0.4 is 11.1 Å². The van der Waals surface area contributed by atoms with Crippen molar-refractivity contribution >= 4 is 33.6 Å². The predicted octanol–water partition coefficient (Wildman–Crippen LogP) is 2.78. The number of hydrogen-bond donors (Lipinski definition) is 4. The summed E-state index contributed by atoms with van der Waals surface area (Å²) in [7, 11) is 0. The summed E-state index contributed by atoms with van der Waals surface area (Å²) in [6, 6.07) is 15.7. The molecule has 4 aromatic rings. The number of aromatic nitrogens is 2. The van der Waals surface area contributed by atoms with Crippen LogP contribution >= 0.6 is 0 Å². The fraction of sp³-hybridized carbons (Fsp3) is 0.136. The fourth-order valence-corrected chi connectivity index (χ4v) is 3.55. The molecule has 2 aromatic carbocycles. The van der Waals surface area contributed by atoms with Crippen LogP contribution in [0.3, 0.4) is 0 Å². The third-order valence-corrected chi connectivity index (χ3v) is 4.95. The van der Waals surface area contributed by atoms with E-state index >= 15 is 0 Å². The largest absolute Gasteiger partial charge is 0.369 e. The van der Waals surface area contributed by atoms with Gasteiger partial charge in [0.25, 0.3) is 0 Å². The molecule has 1 unspecified atom stereocenters. The summed E-state index contributed by atoms with van der Waals surface area (Å²) < 4.78 is 0. The summed E-state index contributed by atoms with van der Waals surface area (Å²) in [5.74, 6) is -1.66. The summed E-state index contributed by atoms with van der Waals surface area (Å²) in [4.78, 5) is 30.7. The van der Waals surface area contributed by atoms with E-state index in [0.717, 1.165) is 27.4 Å². The first-order valence-corrected chi connectivity index (χ1v) is 9.16. The lowest BCUT2D eigenvalue weighted by Crippen LogP contribution is -2.32. The Morgan fingerprint density at radius 3 is 2.36 bits per heavy atom. The average Bonchev–Trinajstić information content (AvgIpc) is 3.30. The number of fused-ring (bicyclic) bond motifs is 2. The molecule has 2 heterocycles. The Morgan fingerprint density at radius 1 is 0.964 bits per heavy atom.